The maximum Gasteiger partial charge on any atom is 0.271 e. The summed E-state index contributed by atoms with van der Waals surface area (Å²) in [6, 6.07) is 0. The van der Waals surface area contributed by atoms with Gasteiger partial charge in [-0.25, -0.2) is 0 Å². The summed E-state index contributed by atoms with van der Waals surface area (Å²) in [5.74, 6) is -0.152. The minimum atomic E-state index is -0.152. The van der Waals surface area contributed by atoms with Crippen molar-refractivity contribution in [2.75, 3.05) is 12.3 Å². The molecule has 0 aliphatic heterocycles. The molecule has 5 nitrogen and oxygen atoms in total. The summed E-state index contributed by atoms with van der Waals surface area (Å²) in [6.07, 6.45) is 6.27. The van der Waals surface area contributed by atoms with Crippen molar-refractivity contribution in [2.24, 2.45) is 12.5 Å². The minimum absolute atomic E-state index is 0.109. The third kappa shape index (κ3) is 4.58. The number of amides is 1. The molecule has 0 unspecified atom stereocenters. The van der Waals surface area contributed by atoms with Crippen molar-refractivity contribution in [3.05, 3.63) is 11.9 Å². The Balaban J connectivity index is 2.50. The largest absolute Gasteiger partial charge is 0.396 e. The molecule has 1 aromatic rings. The Kier molecular flexibility index (Phi) is 5.39. The molecule has 0 atom stereocenters. The first kappa shape index (κ1) is 15.5. The van der Waals surface area contributed by atoms with Crippen LogP contribution >= 0.6 is 0 Å². The van der Waals surface area contributed by atoms with Gasteiger partial charge in [0.25, 0.3) is 5.91 Å². The number of carbonyl (C=O) groups is 1. The van der Waals surface area contributed by atoms with Crippen LogP contribution in [0.2, 0.25) is 0 Å². The number of hydrogen-bond acceptors (Lipinski definition) is 3. The smallest absolute Gasteiger partial charge is 0.271 e. The first-order valence-electron chi connectivity index (χ1n) is 6.93. The molecule has 1 rings (SSSR count). The van der Waals surface area contributed by atoms with Crippen LogP contribution in [0.5, 0.6) is 0 Å². The van der Waals surface area contributed by atoms with Gasteiger partial charge >= 0.3 is 0 Å². The molecule has 1 aromatic heterocycles. The Hall–Kier alpha value is -1.52. The van der Waals surface area contributed by atoms with Gasteiger partial charge in [-0.1, -0.05) is 40.0 Å². The third-order valence-corrected chi connectivity index (χ3v) is 3.37. The molecule has 1 heterocycles. The number of nitrogen functional groups attached to an aromatic ring is 1. The molecule has 0 spiro atoms. The molecule has 1 amide bonds. The zero-order valence-electron chi connectivity index (χ0n) is 12.5. The van der Waals surface area contributed by atoms with Gasteiger partial charge < -0.3 is 11.1 Å². The first-order chi connectivity index (χ1) is 8.87. The number of hydrogen-bond donors (Lipinski definition) is 2. The zero-order chi connectivity index (χ0) is 14.5. The van der Waals surface area contributed by atoms with Crippen molar-refractivity contribution in [3.8, 4) is 0 Å². The quantitative estimate of drug-likeness (QED) is 0.744. The van der Waals surface area contributed by atoms with E-state index in [0.717, 1.165) is 6.42 Å². The fourth-order valence-electron chi connectivity index (χ4n) is 2.08. The van der Waals surface area contributed by atoms with E-state index in [2.05, 4.69) is 31.2 Å². The molecule has 5 heteroatoms. The monoisotopic (exact) mass is 266 g/mol. The van der Waals surface area contributed by atoms with Crippen LogP contribution in [0.1, 0.15) is 56.9 Å². The zero-order valence-corrected chi connectivity index (χ0v) is 12.5. The highest BCUT2D eigenvalue weighted by atomic mass is 16.2. The minimum Gasteiger partial charge on any atom is -0.396 e. The lowest BCUT2D eigenvalue weighted by atomic mass is 9.87. The van der Waals surface area contributed by atoms with E-state index in [0.29, 0.717) is 17.9 Å². The van der Waals surface area contributed by atoms with Crippen LogP contribution in [0.15, 0.2) is 6.20 Å². The average molecular weight is 266 g/mol. The van der Waals surface area contributed by atoms with Crippen LogP contribution < -0.4 is 11.1 Å². The van der Waals surface area contributed by atoms with Gasteiger partial charge in [-0.15, -0.1) is 0 Å². The molecular weight excluding hydrogens is 240 g/mol. The maximum atomic E-state index is 12.1. The number of aryl methyl sites for hydroxylation is 1. The molecule has 108 valence electrons. The fraction of sp³-hybridized carbons (Fsp3) is 0.714. The average Bonchev–Trinajstić information content (AvgIpc) is 2.66. The van der Waals surface area contributed by atoms with Gasteiger partial charge in [-0.05, 0) is 11.8 Å². The molecule has 0 saturated heterocycles. The fourth-order valence-corrected chi connectivity index (χ4v) is 2.08. The van der Waals surface area contributed by atoms with E-state index in [1.165, 1.54) is 30.1 Å². The molecule has 0 radical (unpaired) electrons. The molecule has 19 heavy (non-hydrogen) atoms. The highest BCUT2D eigenvalue weighted by Crippen LogP contribution is 2.23. The highest BCUT2D eigenvalue weighted by molar-refractivity contribution is 5.97. The van der Waals surface area contributed by atoms with Gasteiger partial charge in [0.15, 0.2) is 0 Å². The number of rotatable bonds is 7. The predicted molar refractivity (Wildman–Crippen MR) is 77.9 cm³/mol. The van der Waals surface area contributed by atoms with Crippen molar-refractivity contribution in [1.29, 1.82) is 0 Å². The lowest BCUT2D eigenvalue weighted by Crippen LogP contribution is -2.35. The van der Waals surface area contributed by atoms with Gasteiger partial charge in [0, 0.05) is 13.6 Å². The van der Waals surface area contributed by atoms with E-state index in [-0.39, 0.29) is 11.3 Å². The van der Waals surface area contributed by atoms with E-state index in [4.69, 9.17) is 5.73 Å². The Morgan fingerprint density at radius 2 is 2.16 bits per heavy atom. The summed E-state index contributed by atoms with van der Waals surface area (Å²) in [5, 5.41) is 6.93. The molecule has 0 aromatic carbocycles. The van der Waals surface area contributed by atoms with Crippen LogP contribution in [0, 0.1) is 5.41 Å². The molecule has 0 aliphatic rings. The van der Waals surface area contributed by atoms with E-state index in [1.54, 1.807) is 7.05 Å². The second kappa shape index (κ2) is 6.59. The predicted octanol–water partition coefficient (Wildman–Crippen LogP) is 2.34. The summed E-state index contributed by atoms with van der Waals surface area (Å²) in [6.45, 7) is 7.20. The number of unbranched alkanes of at least 4 members (excludes halogenated alkanes) is 2. The Labute approximate surface area is 115 Å². The third-order valence-electron chi connectivity index (χ3n) is 3.37. The Morgan fingerprint density at radius 3 is 2.68 bits per heavy atom. The van der Waals surface area contributed by atoms with Crippen LogP contribution in [0.25, 0.3) is 0 Å². The molecule has 0 bridgehead atoms. The van der Waals surface area contributed by atoms with Crippen molar-refractivity contribution in [2.45, 2.75) is 46.5 Å². The highest BCUT2D eigenvalue weighted by Gasteiger charge is 2.21. The van der Waals surface area contributed by atoms with E-state index >= 15 is 0 Å². The molecule has 0 aliphatic carbocycles. The van der Waals surface area contributed by atoms with E-state index in [1.807, 2.05) is 0 Å². The van der Waals surface area contributed by atoms with Crippen LogP contribution in [-0.2, 0) is 7.05 Å². The Morgan fingerprint density at radius 1 is 1.47 bits per heavy atom. The second-order valence-corrected chi connectivity index (χ2v) is 5.88. The standard InChI is InChI=1S/C14H26N4O/c1-5-6-7-8-14(2,3)10-16-13(19)12-11(15)9-17-18(12)4/h9H,5-8,10,15H2,1-4H3,(H,16,19). The number of nitrogens with zero attached hydrogens (tertiary/aromatic N) is 2. The summed E-state index contributed by atoms with van der Waals surface area (Å²) in [5.41, 5.74) is 6.70. The topological polar surface area (TPSA) is 72.9 Å². The summed E-state index contributed by atoms with van der Waals surface area (Å²) in [4.78, 5) is 12.1. The second-order valence-electron chi connectivity index (χ2n) is 5.88. The molecule has 0 saturated carbocycles. The lowest BCUT2D eigenvalue weighted by molar-refractivity contribution is 0.0925. The number of nitrogens with two attached hydrogens (primary N) is 1. The summed E-state index contributed by atoms with van der Waals surface area (Å²) < 4.78 is 1.51. The number of nitrogens with one attached hydrogen (secondary N) is 1. The van der Waals surface area contributed by atoms with Gasteiger partial charge in [0.1, 0.15) is 5.69 Å². The molecule has 0 fully saturated rings. The maximum absolute atomic E-state index is 12.1. The van der Waals surface area contributed by atoms with Crippen LogP contribution in [0.4, 0.5) is 5.69 Å². The number of anilines is 1. The first-order valence-corrected chi connectivity index (χ1v) is 6.93. The van der Waals surface area contributed by atoms with Crippen molar-refractivity contribution in [3.63, 3.8) is 0 Å². The Bertz CT molecular complexity index is 404. The lowest BCUT2D eigenvalue weighted by Gasteiger charge is -2.25. The van der Waals surface area contributed by atoms with Crippen LogP contribution in [0.3, 0.4) is 0 Å². The van der Waals surface area contributed by atoms with Gasteiger partial charge in [-0.3, -0.25) is 9.48 Å². The van der Waals surface area contributed by atoms with Gasteiger partial charge in [0.2, 0.25) is 0 Å². The van der Waals surface area contributed by atoms with Crippen LogP contribution in [-0.4, -0.2) is 22.2 Å². The van der Waals surface area contributed by atoms with Crippen molar-refractivity contribution >= 4 is 11.6 Å². The number of aromatic nitrogens is 2. The SMILES string of the molecule is CCCCCC(C)(C)CNC(=O)c1c(N)cnn1C. The van der Waals surface area contributed by atoms with E-state index in [9.17, 15) is 4.79 Å². The number of carbonyl (C=O) groups excluding carboxylic acids is 1. The summed E-state index contributed by atoms with van der Waals surface area (Å²) >= 11 is 0. The van der Waals surface area contributed by atoms with Crippen molar-refractivity contribution in [1.82, 2.24) is 15.1 Å². The molecule has 3 N–H and O–H groups in total. The van der Waals surface area contributed by atoms with Gasteiger partial charge in [-0.2, -0.15) is 5.10 Å². The summed E-state index contributed by atoms with van der Waals surface area (Å²) in [7, 11) is 1.72. The van der Waals surface area contributed by atoms with Gasteiger partial charge in [0.05, 0.1) is 11.9 Å². The molecular formula is C14H26N4O. The van der Waals surface area contributed by atoms with Crippen molar-refractivity contribution < 1.29 is 4.79 Å². The normalized spacial score (nSPS) is 11.6. The van der Waals surface area contributed by atoms with E-state index < -0.39 is 0 Å².